The third kappa shape index (κ3) is 3.97. The molecule has 3 aromatic rings. The van der Waals surface area contributed by atoms with Gasteiger partial charge in [0.2, 0.25) is 5.88 Å². The van der Waals surface area contributed by atoms with Gasteiger partial charge >= 0.3 is 0 Å². The van der Waals surface area contributed by atoms with Crippen LogP contribution in [0.4, 0.5) is 11.5 Å². The summed E-state index contributed by atoms with van der Waals surface area (Å²) in [5, 5.41) is 3.21. The normalized spacial score (nSPS) is 10.4. The van der Waals surface area contributed by atoms with Crippen LogP contribution < -0.4 is 15.8 Å². The Hall–Kier alpha value is -3.09. The molecule has 0 saturated heterocycles. The standard InChI is InChI=1S/C16H18N6O/c17-14-15(19-7-4-9-22-10-8-18-12-22)20-11-21-16(14)23-13-5-2-1-3-6-13/h1-3,5-6,8,10-12H,4,7,9,17H2,(H,19,20,21). The molecule has 1 aromatic carbocycles. The third-order valence-corrected chi connectivity index (χ3v) is 3.25. The molecule has 7 heteroatoms. The molecule has 0 spiro atoms. The predicted octanol–water partition coefficient (Wildman–Crippen LogP) is 2.55. The minimum absolute atomic E-state index is 0.350. The molecule has 0 aliphatic heterocycles. The molecule has 3 N–H and O–H groups in total. The first-order valence-corrected chi connectivity index (χ1v) is 7.36. The number of ether oxygens (including phenoxy) is 1. The number of hydrogen-bond acceptors (Lipinski definition) is 6. The van der Waals surface area contributed by atoms with Gasteiger partial charge in [-0.1, -0.05) is 18.2 Å². The van der Waals surface area contributed by atoms with Crippen LogP contribution in [-0.4, -0.2) is 26.1 Å². The zero-order valence-electron chi connectivity index (χ0n) is 12.6. The Kier molecular flexibility index (Phi) is 4.68. The summed E-state index contributed by atoms with van der Waals surface area (Å²) < 4.78 is 7.71. The van der Waals surface area contributed by atoms with Crippen LogP contribution in [0.2, 0.25) is 0 Å². The molecular formula is C16H18N6O. The van der Waals surface area contributed by atoms with Crippen molar-refractivity contribution in [3.8, 4) is 11.6 Å². The number of imidazole rings is 1. The number of hydrogen-bond donors (Lipinski definition) is 2. The number of benzene rings is 1. The van der Waals surface area contributed by atoms with Crippen molar-refractivity contribution in [1.29, 1.82) is 0 Å². The monoisotopic (exact) mass is 310 g/mol. The topological polar surface area (TPSA) is 90.9 Å². The molecule has 23 heavy (non-hydrogen) atoms. The Morgan fingerprint density at radius 3 is 2.83 bits per heavy atom. The molecule has 0 unspecified atom stereocenters. The first-order chi connectivity index (χ1) is 11.3. The van der Waals surface area contributed by atoms with Crippen LogP contribution in [0.15, 0.2) is 55.4 Å². The second-order valence-electron chi connectivity index (χ2n) is 4.94. The van der Waals surface area contributed by atoms with Crippen molar-refractivity contribution in [1.82, 2.24) is 19.5 Å². The third-order valence-electron chi connectivity index (χ3n) is 3.25. The van der Waals surface area contributed by atoms with E-state index in [2.05, 4.69) is 20.3 Å². The summed E-state index contributed by atoms with van der Waals surface area (Å²) in [5.41, 5.74) is 6.48. The summed E-state index contributed by atoms with van der Waals surface area (Å²) in [6, 6.07) is 9.40. The number of nitrogens with two attached hydrogens (primary N) is 1. The van der Waals surface area contributed by atoms with Crippen molar-refractivity contribution < 1.29 is 4.74 Å². The van der Waals surface area contributed by atoms with E-state index in [1.165, 1.54) is 6.33 Å². The highest BCUT2D eigenvalue weighted by Gasteiger charge is 2.09. The number of rotatable bonds is 7. The Labute approximate surface area is 134 Å². The van der Waals surface area contributed by atoms with Crippen LogP contribution in [0, 0.1) is 0 Å². The van der Waals surface area contributed by atoms with Crippen LogP contribution in [0.25, 0.3) is 0 Å². The second-order valence-corrected chi connectivity index (χ2v) is 4.94. The Bertz CT molecular complexity index is 730. The lowest BCUT2D eigenvalue weighted by Gasteiger charge is -2.11. The molecule has 0 fully saturated rings. The van der Waals surface area contributed by atoms with Gasteiger partial charge in [0.25, 0.3) is 0 Å². The van der Waals surface area contributed by atoms with Crippen molar-refractivity contribution in [2.24, 2.45) is 0 Å². The minimum atomic E-state index is 0.350. The molecule has 0 bridgehead atoms. The number of anilines is 2. The fourth-order valence-corrected chi connectivity index (χ4v) is 2.09. The van der Waals surface area contributed by atoms with Gasteiger partial charge in [-0.05, 0) is 18.6 Å². The van der Waals surface area contributed by atoms with E-state index in [0.29, 0.717) is 23.1 Å². The highest BCUT2D eigenvalue weighted by molar-refractivity contribution is 5.66. The van der Waals surface area contributed by atoms with E-state index in [1.54, 1.807) is 12.5 Å². The van der Waals surface area contributed by atoms with E-state index in [4.69, 9.17) is 10.5 Å². The van der Waals surface area contributed by atoms with Gasteiger partial charge in [0.05, 0.1) is 6.33 Å². The summed E-state index contributed by atoms with van der Waals surface area (Å²) in [6.45, 7) is 1.62. The molecule has 0 radical (unpaired) electrons. The van der Waals surface area contributed by atoms with Gasteiger partial charge in [0.15, 0.2) is 5.82 Å². The average molecular weight is 310 g/mol. The molecule has 2 heterocycles. The summed E-state index contributed by atoms with van der Waals surface area (Å²) in [7, 11) is 0. The minimum Gasteiger partial charge on any atom is -0.437 e. The zero-order chi connectivity index (χ0) is 15.9. The van der Waals surface area contributed by atoms with Crippen LogP contribution >= 0.6 is 0 Å². The van der Waals surface area contributed by atoms with E-state index in [-0.39, 0.29) is 0 Å². The number of nitrogen functional groups attached to an aromatic ring is 1. The smallest absolute Gasteiger partial charge is 0.248 e. The molecule has 3 rings (SSSR count). The number of nitrogens with one attached hydrogen (secondary N) is 1. The summed E-state index contributed by atoms with van der Waals surface area (Å²) in [4.78, 5) is 12.3. The van der Waals surface area contributed by atoms with Gasteiger partial charge in [0, 0.05) is 25.5 Å². The van der Waals surface area contributed by atoms with Gasteiger partial charge in [-0.3, -0.25) is 0 Å². The van der Waals surface area contributed by atoms with Crippen molar-refractivity contribution in [2.75, 3.05) is 17.6 Å². The van der Waals surface area contributed by atoms with Crippen molar-refractivity contribution >= 4 is 11.5 Å². The Morgan fingerprint density at radius 2 is 2.04 bits per heavy atom. The molecule has 0 saturated carbocycles. The lowest BCUT2D eigenvalue weighted by Crippen LogP contribution is -2.10. The second kappa shape index (κ2) is 7.26. The number of aryl methyl sites for hydroxylation is 1. The van der Waals surface area contributed by atoms with Crippen molar-refractivity contribution in [3.05, 3.63) is 55.4 Å². The van der Waals surface area contributed by atoms with E-state index in [9.17, 15) is 0 Å². The summed E-state index contributed by atoms with van der Waals surface area (Å²) >= 11 is 0. The highest BCUT2D eigenvalue weighted by atomic mass is 16.5. The Balaban J connectivity index is 1.58. The summed E-state index contributed by atoms with van der Waals surface area (Å²) in [5.74, 6) is 1.61. The number of nitrogens with zero attached hydrogens (tertiary/aromatic N) is 4. The molecule has 7 nitrogen and oxygen atoms in total. The van der Waals surface area contributed by atoms with Crippen LogP contribution in [0.1, 0.15) is 6.42 Å². The van der Waals surface area contributed by atoms with Gasteiger partial charge < -0.3 is 20.4 Å². The predicted molar refractivity (Wildman–Crippen MR) is 88.3 cm³/mol. The molecule has 0 amide bonds. The van der Waals surface area contributed by atoms with Gasteiger partial charge in [0.1, 0.15) is 17.8 Å². The van der Waals surface area contributed by atoms with Crippen molar-refractivity contribution in [2.45, 2.75) is 13.0 Å². The molecule has 0 aliphatic carbocycles. The SMILES string of the molecule is Nc1c(NCCCn2ccnc2)ncnc1Oc1ccccc1. The maximum Gasteiger partial charge on any atom is 0.248 e. The van der Waals surface area contributed by atoms with E-state index in [1.807, 2.05) is 41.1 Å². The van der Waals surface area contributed by atoms with E-state index < -0.39 is 0 Å². The molecule has 0 aliphatic rings. The van der Waals surface area contributed by atoms with Gasteiger partial charge in [-0.15, -0.1) is 0 Å². The Morgan fingerprint density at radius 1 is 1.17 bits per heavy atom. The quantitative estimate of drug-likeness (QED) is 0.652. The fourth-order valence-electron chi connectivity index (χ4n) is 2.09. The van der Waals surface area contributed by atoms with Crippen LogP contribution in [0.3, 0.4) is 0 Å². The molecule has 0 atom stereocenters. The zero-order valence-corrected chi connectivity index (χ0v) is 12.6. The maximum atomic E-state index is 6.08. The van der Waals surface area contributed by atoms with Crippen LogP contribution in [-0.2, 0) is 6.54 Å². The summed E-state index contributed by atoms with van der Waals surface area (Å²) in [6.07, 6.45) is 7.86. The molecule has 2 aromatic heterocycles. The maximum absolute atomic E-state index is 6.08. The largest absolute Gasteiger partial charge is 0.437 e. The van der Waals surface area contributed by atoms with E-state index >= 15 is 0 Å². The van der Waals surface area contributed by atoms with Gasteiger partial charge in [-0.2, -0.15) is 4.98 Å². The first-order valence-electron chi connectivity index (χ1n) is 7.36. The first kappa shape index (κ1) is 14.8. The fraction of sp³-hybridized carbons (Fsp3) is 0.188. The molecular weight excluding hydrogens is 292 g/mol. The van der Waals surface area contributed by atoms with Crippen molar-refractivity contribution in [3.63, 3.8) is 0 Å². The van der Waals surface area contributed by atoms with Gasteiger partial charge in [-0.25, -0.2) is 9.97 Å². The molecule has 118 valence electrons. The lowest BCUT2D eigenvalue weighted by molar-refractivity contribution is 0.464. The van der Waals surface area contributed by atoms with E-state index in [0.717, 1.165) is 19.5 Å². The highest BCUT2D eigenvalue weighted by Crippen LogP contribution is 2.28. The number of aromatic nitrogens is 4. The van der Waals surface area contributed by atoms with Crippen LogP contribution in [0.5, 0.6) is 11.6 Å². The average Bonchev–Trinajstić information content (AvgIpc) is 3.09. The lowest BCUT2D eigenvalue weighted by atomic mass is 10.3. The number of para-hydroxylation sites is 1.